The van der Waals surface area contributed by atoms with E-state index in [1.165, 1.54) is 33.5 Å². The first-order valence-electron chi connectivity index (χ1n) is 5.07. The standard InChI is InChI=1S/C12H14O6/c1-16-6-8-9(17-2)5-4-7(11(8)18-3)10(13)12(14)15/h4-5H,6H2,1-3H3,(H,14,15). The summed E-state index contributed by atoms with van der Waals surface area (Å²) >= 11 is 0. The van der Waals surface area contributed by atoms with Crippen molar-refractivity contribution < 1.29 is 28.9 Å². The molecule has 6 heteroatoms. The van der Waals surface area contributed by atoms with Crippen LogP contribution in [0.5, 0.6) is 11.5 Å². The average molecular weight is 254 g/mol. The van der Waals surface area contributed by atoms with E-state index in [2.05, 4.69) is 0 Å². The third-order valence-corrected chi connectivity index (χ3v) is 2.37. The molecule has 0 saturated heterocycles. The minimum Gasteiger partial charge on any atom is -0.496 e. The lowest BCUT2D eigenvalue weighted by Gasteiger charge is -2.15. The maximum Gasteiger partial charge on any atom is 0.377 e. The molecule has 0 fully saturated rings. The Morgan fingerprint density at radius 2 is 1.83 bits per heavy atom. The Hall–Kier alpha value is -2.08. The summed E-state index contributed by atoms with van der Waals surface area (Å²) in [5.41, 5.74) is 0.465. The maximum absolute atomic E-state index is 11.5. The predicted octanol–water partition coefficient (Wildman–Crippen LogP) is 1.12. The second-order valence-corrected chi connectivity index (χ2v) is 3.39. The Labute approximate surface area is 104 Å². The summed E-state index contributed by atoms with van der Waals surface area (Å²) in [6, 6.07) is 2.86. The van der Waals surface area contributed by atoms with Gasteiger partial charge in [0.25, 0.3) is 5.78 Å². The molecule has 0 radical (unpaired) electrons. The van der Waals surface area contributed by atoms with E-state index in [0.29, 0.717) is 11.3 Å². The lowest BCUT2D eigenvalue weighted by Crippen LogP contribution is -2.15. The zero-order valence-corrected chi connectivity index (χ0v) is 10.4. The molecule has 0 spiro atoms. The van der Waals surface area contributed by atoms with Gasteiger partial charge < -0.3 is 19.3 Å². The van der Waals surface area contributed by atoms with E-state index in [0.717, 1.165) is 0 Å². The Kier molecular flexibility index (Phi) is 4.67. The van der Waals surface area contributed by atoms with Crippen molar-refractivity contribution >= 4 is 11.8 Å². The number of benzene rings is 1. The lowest BCUT2D eigenvalue weighted by molar-refractivity contribution is -0.131. The van der Waals surface area contributed by atoms with Gasteiger partial charge in [0.05, 0.1) is 32.0 Å². The summed E-state index contributed by atoms with van der Waals surface area (Å²) in [5.74, 6) is -1.95. The van der Waals surface area contributed by atoms with Crippen molar-refractivity contribution in [3.8, 4) is 11.5 Å². The van der Waals surface area contributed by atoms with Gasteiger partial charge in [-0.15, -0.1) is 0 Å². The maximum atomic E-state index is 11.5. The van der Waals surface area contributed by atoms with E-state index in [9.17, 15) is 9.59 Å². The molecule has 0 atom stereocenters. The van der Waals surface area contributed by atoms with Crippen LogP contribution in [0.4, 0.5) is 0 Å². The fraction of sp³-hybridized carbons (Fsp3) is 0.333. The topological polar surface area (TPSA) is 82.1 Å². The second-order valence-electron chi connectivity index (χ2n) is 3.39. The molecule has 18 heavy (non-hydrogen) atoms. The highest BCUT2D eigenvalue weighted by atomic mass is 16.5. The van der Waals surface area contributed by atoms with Gasteiger partial charge >= 0.3 is 5.97 Å². The van der Waals surface area contributed by atoms with E-state index < -0.39 is 11.8 Å². The molecular weight excluding hydrogens is 240 g/mol. The molecular formula is C12H14O6. The molecule has 0 saturated carbocycles. The van der Waals surface area contributed by atoms with Crippen LogP contribution in [0, 0.1) is 0 Å². The molecule has 1 aromatic carbocycles. The number of ketones is 1. The van der Waals surface area contributed by atoms with Crippen LogP contribution in [0.3, 0.4) is 0 Å². The number of carboxylic acids is 1. The Morgan fingerprint density at radius 3 is 2.28 bits per heavy atom. The summed E-state index contributed by atoms with van der Waals surface area (Å²) in [6.45, 7) is 0.146. The average Bonchev–Trinajstić information content (AvgIpc) is 2.37. The van der Waals surface area contributed by atoms with Gasteiger partial charge in [0.1, 0.15) is 11.5 Å². The number of carbonyl (C=O) groups is 2. The number of aliphatic carboxylic acids is 1. The summed E-state index contributed by atoms with van der Waals surface area (Å²) in [5, 5.41) is 8.74. The van der Waals surface area contributed by atoms with Crippen LogP contribution in [0.15, 0.2) is 12.1 Å². The first kappa shape index (κ1) is 14.0. The molecule has 98 valence electrons. The van der Waals surface area contributed by atoms with Gasteiger partial charge in [-0.25, -0.2) is 4.79 Å². The third-order valence-electron chi connectivity index (χ3n) is 2.37. The van der Waals surface area contributed by atoms with Crippen LogP contribution in [-0.2, 0) is 16.1 Å². The monoisotopic (exact) mass is 254 g/mol. The van der Waals surface area contributed by atoms with E-state index in [-0.39, 0.29) is 17.9 Å². The first-order chi connectivity index (χ1) is 8.56. The Balaban J connectivity index is 3.41. The fourth-order valence-corrected chi connectivity index (χ4v) is 1.61. The molecule has 1 rings (SSSR count). The zero-order valence-electron chi connectivity index (χ0n) is 10.4. The van der Waals surface area contributed by atoms with Gasteiger partial charge in [0.15, 0.2) is 0 Å². The fourth-order valence-electron chi connectivity index (χ4n) is 1.61. The van der Waals surface area contributed by atoms with Gasteiger partial charge in [0.2, 0.25) is 0 Å². The van der Waals surface area contributed by atoms with Crippen LogP contribution in [0.25, 0.3) is 0 Å². The number of carboxylic acid groups (broad SMARTS) is 1. The van der Waals surface area contributed by atoms with Gasteiger partial charge in [-0.1, -0.05) is 0 Å². The zero-order chi connectivity index (χ0) is 13.7. The molecule has 0 heterocycles. The minimum atomic E-state index is -1.54. The van der Waals surface area contributed by atoms with Crippen molar-refractivity contribution in [3.63, 3.8) is 0 Å². The Bertz CT molecular complexity index is 466. The lowest BCUT2D eigenvalue weighted by atomic mass is 10.0. The number of rotatable bonds is 6. The largest absolute Gasteiger partial charge is 0.496 e. The molecule has 0 aliphatic heterocycles. The van der Waals surface area contributed by atoms with Gasteiger partial charge in [-0.3, -0.25) is 4.79 Å². The van der Waals surface area contributed by atoms with Crippen molar-refractivity contribution in [1.82, 2.24) is 0 Å². The van der Waals surface area contributed by atoms with Crippen molar-refractivity contribution in [2.45, 2.75) is 6.61 Å². The van der Waals surface area contributed by atoms with Gasteiger partial charge in [-0.05, 0) is 12.1 Å². The quantitative estimate of drug-likeness (QED) is 0.605. The van der Waals surface area contributed by atoms with Gasteiger partial charge in [-0.2, -0.15) is 0 Å². The molecule has 1 aromatic rings. The van der Waals surface area contributed by atoms with Crippen molar-refractivity contribution in [1.29, 1.82) is 0 Å². The van der Waals surface area contributed by atoms with Crippen molar-refractivity contribution in [3.05, 3.63) is 23.3 Å². The second kappa shape index (κ2) is 6.02. The number of Topliss-reactive ketones (excluding diaryl/α,β-unsaturated/α-hetero) is 1. The van der Waals surface area contributed by atoms with Crippen molar-refractivity contribution in [2.24, 2.45) is 0 Å². The van der Waals surface area contributed by atoms with Crippen LogP contribution in [0.2, 0.25) is 0 Å². The molecule has 0 bridgehead atoms. The molecule has 0 aliphatic rings. The van der Waals surface area contributed by atoms with Gasteiger partial charge in [0, 0.05) is 7.11 Å². The first-order valence-corrected chi connectivity index (χ1v) is 5.07. The number of hydrogen-bond acceptors (Lipinski definition) is 5. The summed E-state index contributed by atoms with van der Waals surface area (Å²) in [6.07, 6.45) is 0. The van der Waals surface area contributed by atoms with E-state index >= 15 is 0 Å². The molecule has 0 aromatic heterocycles. The predicted molar refractivity (Wildman–Crippen MR) is 62.2 cm³/mol. The molecule has 0 aliphatic carbocycles. The molecule has 1 N–H and O–H groups in total. The van der Waals surface area contributed by atoms with Crippen LogP contribution in [0.1, 0.15) is 15.9 Å². The number of hydrogen-bond donors (Lipinski definition) is 1. The summed E-state index contributed by atoms with van der Waals surface area (Å²) in [7, 11) is 4.30. The number of ether oxygens (including phenoxy) is 3. The molecule has 6 nitrogen and oxygen atoms in total. The van der Waals surface area contributed by atoms with Crippen LogP contribution < -0.4 is 9.47 Å². The Morgan fingerprint density at radius 1 is 1.17 bits per heavy atom. The third kappa shape index (κ3) is 2.60. The molecule has 0 unspecified atom stereocenters. The normalized spacial score (nSPS) is 9.94. The molecule has 0 amide bonds. The van der Waals surface area contributed by atoms with E-state index in [1.54, 1.807) is 0 Å². The number of methoxy groups -OCH3 is 3. The van der Waals surface area contributed by atoms with Crippen LogP contribution in [-0.4, -0.2) is 38.2 Å². The summed E-state index contributed by atoms with van der Waals surface area (Å²) < 4.78 is 15.2. The van der Waals surface area contributed by atoms with Crippen LogP contribution >= 0.6 is 0 Å². The van der Waals surface area contributed by atoms with Crippen molar-refractivity contribution in [2.75, 3.05) is 21.3 Å². The minimum absolute atomic E-state index is 0.0298. The van der Waals surface area contributed by atoms with E-state index in [4.69, 9.17) is 19.3 Å². The number of carbonyl (C=O) groups excluding carboxylic acids is 1. The SMILES string of the molecule is COCc1c(OC)ccc(C(=O)C(=O)O)c1OC. The van der Waals surface area contributed by atoms with E-state index in [1.807, 2.05) is 0 Å². The summed E-state index contributed by atoms with van der Waals surface area (Å²) in [4.78, 5) is 22.2. The smallest absolute Gasteiger partial charge is 0.377 e. The highest BCUT2D eigenvalue weighted by Crippen LogP contribution is 2.33. The highest BCUT2D eigenvalue weighted by Gasteiger charge is 2.23. The highest BCUT2D eigenvalue weighted by molar-refractivity contribution is 6.40.